The Bertz CT molecular complexity index is 4230. The molecular formula is C72H72BrCl2F9N12O15S3. The first kappa shape index (κ1) is 87.6. The maximum atomic E-state index is 14.9. The number of aliphatic imine (C=N–C) groups is 3. The van der Waals surface area contributed by atoms with Gasteiger partial charge in [0.2, 0.25) is 0 Å². The largest absolute Gasteiger partial charge is 0.480 e. The molecule has 12 rings (SSSR count). The summed E-state index contributed by atoms with van der Waals surface area (Å²) in [6.07, 6.45) is -0.276. The molecular weight excluding hydrogens is 1690 g/mol. The number of hydrogen-bond acceptors (Lipinski definition) is 27. The fraction of sp³-hybridized carbons (Fsp3) is 0.417. The minimum Gasteiger partial charge on any atom is -0.480 e. The molecule has 612 valence electrons. The summed E-state index contributed by atoms with van der Waals surface area (Å²) in [5.74, 6) is -16.9. The van der Waals surface area contributed by atoms with Gasteiger partial charge in [0.15, 0.2) is 32.5 Å². The van der Waals surface area contributed by atoms with Crippen LogP contribution in [0.4, 0.5) is 39.5 Å². The van der Waals surface area contributed by atoms with E-state index in [2.05, 4.69) is 56.8 Å². The summed E-state index contributed by atoms with van der Waals surface area (Å²) in [4.78, 5) is 103. The first-order chi connectivity index (χ1) is 54.3. The molecule has 0 aliphatic carbocycles. The zero-order valence-corrected chi connectivity index (χ0v) is 65.9. The van der Waals surface area contributed by atoms with Crippen LogP contribution in [0, 0.1) is 17.5 Å². The minimum absolute atomic E-state index is 0.0308. The lowest BCUT2D eigenvalue weighted by Crippen LogP contribution is -2.54. The van der Waals surface area contributed by atoms with Crippen LogP contribution in [0.1, 0.15) is 89.9 Å². The molecule has 6 N–H and O–H groups in total. The average Bonchev–Trinajstić information content (AvgIpc) is 1.28. The molecule has 6 aliphatic rings. The molecule has 3 aromatic heterocycles. The van der Waals surface area contributed by atoms with Crippen molar-refractivity contribution in [1.29, 1.82) is 0 Å². The smallest absolute Gasteiger partial charge is 0.338 e. The molecule has 0 amide bonds. The molecule has 0 radical (unpaired) electrons. The van der Waals surface area contributed by atoms with Crippen molar-refractivity contribution >= 4 is 126 Å². The van der Waals surface area contributed by atoms with E-state index in [0.29, 0.717) is 59.4 Å². The number of hydrogen-bond donors (Lipinski definition) is 6. The Morgan fingerprint density at radius 3 is 1.03 bits per heavy atom. The molecule has 3 saturated heterocycles. The summed E-state index contributed by atoms with van der Waals surface area (Å²) < 4.78 is 162. The Labute approximate surface area is 674 Å². The molecule has 42 heteroatoms. The first-order valence-corrected chi connectivity index (χ1v) is 39.0. The fourth-order valence-electron chi connectivity index (χ4n) is 12.9. The molecule has 9 heterocycles. The van der Waals surface area contributed by atoms with Gasteiger partial charge >= 0.3 is 35.8 Å². The molecule has 0 saturated carbocycles. The van der Waals surface area contributed by atoms with Crippen LogP contribution in [0.2, 0.25) is 10.0 Å². The minimum atomic E-state index is -3.33. The standard InChI is InChI=1S/C24H24BrF3N4O5S.2C24H24ClF3N4O5S/c3*1-2-36-23(35)19-16(10-32-7-5-17(24(27,28)12-32)37-11-18(33)34)30-21(22-29-6-8-38-22)31-20(19)14-4-3-13(26)9-15(14)25/h3*3-4,6,8-9,17,20H,2,5,7,10-12H2,1H3,(H,30,31)(H,33,34). The Morgan fingerprint density at radius 1 is 0.482 bits per heavy atom. The summed E-state index contributed by atoms with van der Waals surface area (Å²) in [5, 5.41) is 42.3. The Balaban J connectivity index is 0.000000181. The van der Waals surface area contributed by atoms with E-state index in [-0.39, 0.29) is 117 Å². The van der Waals surface area contributed by atoms with Gasteiger partial charge in [-0.25, -0.2) is 83.2 Å². The molecule has 6 atom stereocenters. The van der Waals surface area contributed by atoms with Crippen molar-refractivity contribution in [2.24, 2.45) is 15.0 Å². The predicted octanol–water partition coefficient (Wildman–Crippen LogP) is 11.1. The number of thiazole rings is 3. The van der Waals surface area contributed by atoms with Crippen LogP contribution in [-0.4, -0.2) is 233 Å². The van der Waals surface area contributed by atoms with Crippen molar-refractivity contribution in [2.45, 2.75) is 94.2 Å². The number of carboxylic acid groups (broad SMARTS) is 3. The predicted molar refractivity (Wildman–Crippen MR) is 402 cm³/mol. The number of rotatable bonds is 27. The number of aromatic nitrogens is 3. The van der Waals surface area contributed by atoms with Crippen molar-refractivity contribution in [3.8, 4) is 0 Å². The lowest BCUT2D eigenvalue weighted by Gasteiger charge is -2.39. The molecule has 3 fully saturated rings. The van der Waals surface area contributed by atoms with E-state index in [9.17, 15) is 68.3 Å². The van der Waals surface area contributed by atoms with Crippen LogP contribution >= 0.6 is 73.1 Å². The van der Waals surface area contributed by atoms with Gasteiger partial charge in [0.1, 0.15) is 73.7 Å². The topological polar surface area (TPSA) is 340 Å². The number of piperidine rings is 3. The number of ether oxygens (including phenoxy) is 6. The van der Waals surface area contributed by atoms with Gasteiger partial charge in [-0.3, -0.25) is 29.7 Å². The highest BCUT2D eigenvalue weighted by molar-refractivity contribution is 9.10. The number of esters is 3. The zero-order chi connectivity index (χ0) is 82.3. The Hall–Kier alpha value is -8.81. The van der Waals surface area contributed by atoms with Gasteiger partial charge in [0, 0.05) is 117 Å². The normalized spacial score (nSPS) is 21.6. The van der Waals surface area contributed by atoms with E-state index in [0.717, 1.165) is 12.1 Å². The molecule has 0 bridgehead atoms. The fourth-order valence-corrected chi connectivity index (χ4v) is 15.7. The molecule has 6 unspecified atom stereocenters. The van der Waals surface area contributed by atoms with E-state index >= 15 is 0 Å². The number of nitrogens with one attached hydrogen (secondary N) is 3. The molecule has 114 heavy (non-hydrogen) atoms. The number of nitrogens with zero attached hydrogens (tertiary/aromatic N) is 9. The van der Waals surface area contributed by atoms with Gasteiger partial charge < -0.3 is 59.7 Å². The second-order valence-corrected chi connectivity index (χ2v) is 30.1. The third-order valence-electron chi connectivity index (χ3n) is 17.7. The van der Waals surface area contributed by atoms with Gasteiger partial charge in [-0.1, -0.05) is 57.3 Å². The molecule has 6 aromatic rings. The van der Waals surface area contributed by atoms with Gasteiger partial charge in [0.05, 0.1) is 56.2 Å². The molecule has 0 spiro atoms. The molecule has 6 aliphatic heterocycles. The lowest BCUT2D eigenvalue weighted by atomic mass is 9.94. The van der Waals surface area contributed by atoms with Crippen molar-refractivity contribution in [3.63, 3.8) is 0 Å². The van der Waals surface area contributed by atoms with Crippen molar-refractivity contribution in [3.05, 3.63) is 187 Å². The van der Waals surface area contributed by atoms with Crippen LogP contribution in [0.15, 0.2) is 143 Å². The maximum absolute atomic E-state index is 14.9. The quantitative estimate of drug-likeness (QED) is 0.0158. The monoisotopic (exact) mass is 1760 g/mol. The number of carboxylic acids is 3. The number of halogens is 12. The summed E-state index contributed by atoms with van der Waals surface area (Å²) in [6, 6.07) is 8.41. The third-order valence-corrected chi connectivity index (χ3v) is 21.4. The van der Waals surface area contributed by atoms with Crippen LogP contribution < -0.4 is 16.0 Å². The van der Waals surface area contributed by atoms with E-state index in [4.69, 9.17) is 71.9 Å². The Kier molecular flexibility index (Phi) is 30.1. The highest BCUT2D eigenvalue weighted by Gasteiger charge is 2.50. The van der Waals surface area contributed by atoms with E-state index in [1.165, 1.54) is 91.2 Å². The van der Waals surface area contributed by atoms with Gasteiger partial charge in [-0.2, -0.15) is 0 Å². The highest BCUT2D eigenvalue weighted by Crippen LogP contribution is 2.43. The van der Waals surface area contributed by atoms with Crippen molar-refractivity contribution in [1.82, 2.24) is 45.6 Å². The van der Waals surface area contributed by atoms with E-state index in [1.54, 1.807) is 55.5 Å². The average molecular weight is 1760 g/mol. The molecule has 3 aromatic carbocycles. The lowest BCUT2D eigenvalue weighted by molar-refractivity contribution is -0.181. The van der Waals surface area contributed by atoms with Crippen LogP contribution in [0.25, 0.3) is 0 Å². The second kappa shape index (κ2) is 39.2. The number of carbonyl (C=O) groups excluding carboxylic acids is 3. The maximum Gasteiger partial charge on any atom is 0.338 e. The number of alkyl halides is 6. The van der Waals surface area contributed by atoms with Gasteiger partial charge in [-0.05, 0) is 82.0 Å². The number of benzene rings is 3. The molecule has 27 nitrogen and oxygen atoms in total. The van der Waals surface area contributed by atoms with Gasteiger partial charge in [-0.15, -0.1) is 34.0 Å². The van der Waals surface area contributed by atoms with Gasteiger partial charge in [0.25, 0.3) is 17.8 Å². The Morgan fingerprint density at radius 2 is 0.772 bits per heavy atom. The van der Waals surface area contributed by atoms with Crippen LogP contribution in [0.5, 0.6) is 0 Å². The van der Waals surface area contributed by atoms with Crippen molar-refractivity contribution < 1.29 is 112 Å². The summed E-state index contributed by atoms with van der Waals surface area (Å²) in [7, 11) is 0. The number of amidine groups is 3. The van der Waals surface area contributed by atoms with E-state index in [1.807, 2.05) is 0 Å². The number of carbonyl (C=O) groups is 6. The van der Waals surface area contributed by atoms with Crippen molar-refractivity contribution in [2.75, 3.05) is 98.5 Å². The SMILES string of the molecule is CCOC(=O)C1=C(CN2CCC(OCC(=O)O)C(F)(F)C2)NC(c2nccs2)=NC1c1ccc(F)cc1Br.CCOC(=O)C1=C(CN2CCC(OCC(=O)O)C(F)(F)C2)NC(c2nccs2)=NC1c1ccc(F)cc1Cl.CCOC(=O)C1=C(CN2CCC(OCC(=O)O)C(F)(F)C2)NC(c2nccs2)=NC1c1ccc(F)cc1Cl. The second-order valence-electron chi connectivity index (χ2n) is 25.7. The highest BCUT2D eigenvalue weighted by atomic mass is 79.9. The van der Waals surface area contributed by atoms with Crippen LogP contribution in [-0.2, 0) is 57.2 Å². The summed E-state index contributed by atoms with van der Waals surface area (Å²) in [6.45, 7) is 0.548. The zero-order valence-electron chi connectivity index (χ0n) is 60.4. The van der Waals surface area contributed by atoms with Crippen LogP contribution in [0.3, 0.4) is 0 Å². The van der Waals surface area contributed by atoms with E-state index < -0.39 is 147 Å². The summed E-state index contributed by atoms with van der Waals surface area (Å²) >= 11 is 19.9. The first-order valence-electron chi connectivity index (χ1n) is 34.9. The third kappa shape index (κ3) is 22.4. The number of likely N-dealkylation sites (tertiary alicyclic amines) is 3. The summed E-state index contributed by atoms with van der Waals surface area (Å²) in [5.41, 5.74) is 2.16. The number of aliphatic carboxylic acids is 3.